The summed E-state index contributed by atoms with van der Waals surface area (Å²) in [6.07, 6.45) is -4.17. The lowest BCUT2D eigenvalue weighted by Gasteiger charge is -2.34. The fourth-order valence-corrected chi connectivity index (χ4v) is 5.10. The second-order valence-electron chi connectivity index (χ2n) is 9.83. The Bertz CT molecular complexity index is 1840. The van der Waals surface area contributed by atoms with Gasteiger partial charge >= 0.3 is 17.8 Å². The molecule has 1 aromatic carbocycles. The Morgan fingerprint density at radius 2 is 1.90 bits per heavy atom. The van der Waals surface area contributed by atoms with E-state index in [1.807, 2.05) is 36.5 Å². The van der Waals surface area contributed by atoms with Crippen molar-refractivity contribution in [1.82, 2.24) is 34.0 Å². The van der Waals surface area contributed by atoms with Crippen LogP contribution < -0.4 is 21.5 Å². The fraction of sp³-hybridized carbons (Fsp3) is 0.407. The highest BCUT2D eigenvalue weighted by atomic mass is 19.4. The van der Waals surface area contributed by atoms with Crippen LogP contribution in [0.5, 0.6) is 0 Å². The molecule has 4 aromatic rings. The number of imidazole rings is 1. The number of aromatic nitrogens is 6. The van der Waals surface area contributed by atoms with Crippen LogP contribution in [0.1, 0.15) is 31.3 Å². The zero-order valence-corrected chi connectivity index (χ0v) is 22.6. The molecule has 0 aliphatic carbocycles. The number of nitrogens with zero attached hydrogens (tertiary/aromatic N) is 7. The molecule has 11 nitrogen and oxygen atoms in total. The Labute approximate surface area is 231 Å². The Balaban J connectivity index is 1.59. The predicted molar refractivity (Wildman–Crippen MR) is 145 cm³/mol. The average Bonchev–Trinajstić information content (AvgIpc) is 3.32. The number of rotatable bonds is 5. The summed E-state index contributed by atoms with van der Waals surface area (Å²) in [7, 11) is 1.49. The van der Waals surface area contributed by atoms with Gasteiger partial charge in [0.25, 0.3) is 5.56 Å². The van der Waals surface area contributed by atoms with Crippen molar-refractivity contribution in [3.05, 3.63) is 56.6 Å². The molecule has 1 amide bonds. The number of para-hydroxylation sites is 1. The maximum atomic E-state index is 13.8. The van der Waals surface area contributed by atoms with E-state index in [0.29, 0.717) is 36.4 Å². The van der Waals surface area contributed by atoms with Crippen LogP contribution in [0.2, 0.25) is 0 Å². The van der Waals surface area contributed by atoms with Crippen molar-refractivity contribution >= 4 is 33.9 Å². The van der Waals surface area contributed by atoms with Crippen LogP contribution in [0.3, 0.4) is 0 Å². The number of carbonyl (C=O) groups is 1. The first kappa shape index (κ1) is 27.9. The monoisotopic (exact) mass is 568 g/mol. The van der Waals surface area contributed by atoms with Crippen LogP contribution in [0, 0.1) is 18.8 Å². The van der Waals surface area contributed by atoms with Gasteiger partial charge in [0.1, 0.15) is 5.82 Å². The molecule has 1 aliphatic heterocycles. The quantitative estimate of drug-likeness (QED) is 0.365. The molecule has 5 rings (SSSR count). The second kappa shape index (κ2) is 10.7. The smallest absolute Gasteiger partial charge is 0.344 e. The molecule has 214 valence electrons. The number of piperidine rings is 1. The molecule has 0 spiro atoms. The maximum absolute atomic E-state index is 13.8. The molecule has 14 heteroatoms. The van der Waals surface area contributed by atoms with Crippen LogP contribution in [0.4, 0.5) is 19.1 Å². The number of fused-ring (bicyclic) bond motifs is 2. The predicted octanol–water partition coefficient (Wildman–Crippen LogP) is 1.87. The minimum absolute atomic E-state index is 0.0387. The number of benzene rings is 1. The summed E-state index contributed by atoms with van der Waals surface area (Å²) in [5.74, 6) is 4.25. The summed E-state index contributed by atoms with van der Waals surface area (Å²) in [4.78, 5) is 54.1. The number of hydrogen-bond donors (Lipinski definition) is 1. The van der Waals surface area contributed by atoms with E-state index < -0.39 is 29.4 Å². The van der Waals surface area contributed by atoms with Crippen molar-refractivity contribution in [2.45, 2.75) is 52.0 Å². The van der Waals surface area contributed by atoms with Crippen molar-refractivity contribution in [2.24, 2.45) is 7.05 Å². The van der Waals surface area contributed by atoms with E-state index in [-0.39, 0.29) is 36.7 Å². The van der Waals surface area contributed by atoms with Gasteiger partial charge in [0.05, 0.1) is 18.6 Å². The van der Waals surface area contributed by atoms with Gasteiger partial charge in [-0.05, 0) is 32.8 Å². The van der Waals surface area contributed by atoms with E-state index in [4.69, 9.17) is 0 Å². The minimum Gasteiger partial charge on any atom is -0.344 e. The van der Waals surface area contributed by atoms with Crippen LogP contribution in [-0.2, 0) is 24.9 Å². The van der Waals surface area contributed by atoms with Crippen molar-refractivity contribution in [3.8, 4) is 11.8 Å². The highest BCUT2D eigenvalue weighted by molar-refractivity contribution is 5.82. The Morgan fingerprint density at radius 1 is 1.15 bits per heavy atom. The van der Waals surface area contributed by atoms with Crippen molar-refractivity contribution in [1.29, 1.82) is 0 Å². The van der Waals surface area contributed by atoms with Gasteiger partial charge in [-0.1, -0.05) is 24.1 Å². The van der Waals surface area contributed by atoms with Gasteiger partial charge in [-0.25, -0.2) is 14.8 Å². The van der Waals surface area contributed by atoms with Gasteiger partial charge in [-0.2, -0.15) is 18.2 Å². The number of carbonyl (C=O) groups excluding carboxylic acids is 1. The van der Waals surface area contributed by atoms with Crippen molar-refractivity contribution in [2.75, 3.05) is 18.0 Å². The molecular weight excluding hydrogens is 541 g/mol. The number of aryl methyl sites for hydroxylation is 2. The summed E-state index contributed by atoms with van der Waals surface area (Å²) in [6, 6.07) is 6.65. The molecule has 1 saturated heterocycles. The third-order valence-corrected chi connectivity index (χ3v) is 7.06. The number of amides is 1. The van der Waals surface area contributed by atoms with E-state index in [1.54, 1.807) is 16.4 Å². The first-order chi connectivity index (χ1) is 19.5. The first-order valence-corrected chi connectivity index (χ1v) is 12.9. The normalized spacial score (nSPS) is 15.7. The van der Waals surface area contributed by atoms with Crippen LogP contribution >= 0.6 is 0 Å². The van der Waals surface area contributed by atoms with E-state index in [2.05, 4.69) is 26.8 Å². The Morgan fingerprint density at radius 3 is 2.63 bits per heavy atom. The average molecular weight is 569 g/mol. The lowest BCUT2D eigenvalue weighted by Crippen LogP contribution is -2.51. The van der Waals surface area contributed by atoms with Crippen LogP contribution in [0.15, 0.2) is 33.9 Å². The summed E-state index contributed by atoms with van der Waals surface area (Å²) in [6.45, 7) is 3.80. The largest absolute Gasteiger partial charge is 0.471 e. The van der Waals surface area contributed by atoms with Gasteiger partial charge in [0.2, 0.25) is 5.95 Å². The Hall–Kier alpha value is -4.67. The number of anilines is 1. The molecule has 3 aromatic heterocycles. The van der Waals surface area contributed by atoms with E-state index in [1.165, 1.54) is 11.6 Å². The third kappa shape index (κ3) is 5.27. The number of alkyl halides is 3. The molecule has 0 unspecified atom stereocenters. The van der Waals surface area contributed by atoms with Gasteiger partial charge in [-0.3, -0.25) is 23.3 Å². The standard InChI is InChI=1S/C27H27F3N8O3/c1-4-5-13-37-21-22(34-25(37)36-12-8-9-17(14-36)32-24(40)27(28,29)30)35(3)26(41)38(23(21)39)15-20-31-16(2)18-10-6-7-11-19(18)33-20/h6-7,10-11,17H,8-9,12-15H2,1-3H3,(H,32,40)/t17-/m1/s1. The van der Waals surface area contributed by atoms with Gasteiger partial charge in [0, 0.05) is 37.3 Å². The highest BCUT2D eigenvalue weighted by Crippen LogP contribution is 2.24. The molecule has 0 radical (unpaired) electrons. The van der Waals surface area contributed by atoms with Crippen LogP contribution in [-0.4, -0.2) is 59.9 Å². The van der Waals surface area contributed by atoms with Crippen LogP contribution in [0.25, 0.3) is 22.1 Å². The topological polar surface area (TPSA) is 120 Å². The molecule has 41 heavy (non-hydrogen) atoms. The summed E-state index contributed by atoms with van der Waals surface area (Å²) in [5.41, 5.74) is 0.380. The fourth-order valence-electron chi connectivity index (χ4n) is 5.10. The van der Waals surface area contributed by atoms with Crippen molar-refractivity contribution < 1.29 is 18.0 Å². The number of hydrogen-bond acceptors (Lipinski definition) is 7. The SMILES string of the molecule is CC#CCn1c(N2CCC[C@@H](NC(=O)C(F)(F)F)C2)nc2c1c(=O)n(Cc1nc(C)c3ccccc3n1)c(=O)n2C. The molecule has 1 fully saturated rings. The van der Waals surface area contributed by atoms with E-state index in [9.17, 15) is 27.6 Å². The molecule has 0 bridgehead atoms. The Kier molecular flexibility index (Phi) is 7.29. The first-order valence-electron chi connectivity index (χ1n) is 12.9. The lowest BCUT2D eigenvalue weighted by atomic mass is 10.1. The van der Waals surface area contributed by atoms with E-state index in [0.717, 1.165) is 9.95 Å². The molecular formula is C27H27F3N8O3. The van der Waals surface area contributed by atoms with Gasteiger partial charge < -0.3 is 10.2 Å². The maximum Gasteiger partial charge on any atom is 0.471 e. The number of halogens is 3. The second-order valence-corrected chi connectivity index (χ2v) is 9.83. The molecule has 4 heterocycles. The van der Waals surface area contributed by atoms with Crippen molar-refractivity contribution in [3.63, 3.8) is 0 Å². The summed E-state index contributed by atoms with van der Waals surface area (Å²) >= 11 is 0. The summed E-state index contributed by atoms with van der Waals surface area (Å²) in [5, 5.41) is 2.90. The zero-order chi connectivity index (χ0) is 29.5. The lowest BCUT2D eigenvalue weighted by molar-refractivity contribution is -0.174. The molecule has 1 aliphatic rings. The zero-order valence-electron chi connectivity index (χ0n) is 22.6. The summed E-state index contributed by atoms with van der Waals surface area (Å²) < 4.78 is 42.4. The minimum atomic E-state index is -5.00. The van der Waals surface area contributed by atoms with E-state index >= 15 is 0 Å². The molecule has 1 N–H and O–H groups in total. The highest BCUT2D eigenvalue weighted by Gasteiger charge is 2.40. The molecule has 0 saturated carbocycles. The third-order valence-electron chi connectivity index (χ3n) is 7.06. The number of nitrogens with one attached hydrogen (secondary N) is 1. The van der Waals surface area contributed by atoms with Gasteiger partial charge in [0.15, 0.2) is 11.2 Å². The molecule has 1 atom stereocenters. The van der Waals surface area contributed by atoms with Gasteiger partial charge in [-0.15, -0.1) is 5.92 Å².